The van der Waals surface area contributed by atoms with Crippen molar-refractivity contribution in [3.8, 4) is 0 Å². The molecule has 1 heterocycles. The maximum Gasteiger partial charge on any atom is 0.319 e. The molecule has 4 aliphatic carbocycles. The Balaban J connectivity index is 1.25. The lowest BCUT2D eigenvalue weighted by Gasteiger charge is -2.65. The number of carbonyl (C=O) groups excluding carboxylic acids is 2. The van der Waals surface area contributed by atoms with Crippen LogP contribution in [0.1, 0.15) is 75.6 Å². The van der Waals surface area contributed by atoms with E-state index < -0.39 is 29.6 Å². The van der Waals surface area contributed by atoms with Gasteiger partial charge in [-0.1, -0.05) is 13.8 Å². The summed E-state index contributed by atoms with van der Waals surface area (Å²) < 4.78 is 14.9. The largest absolute Gasteiger partial charge is 0.481 e. The highest BCUT2D eigenvalue weighted by atomic mass is 19.1. The van der Waals surface area contributed by atoms with Crippen LogP contribution in [0.15, 0.2) is 18.2 Å². The van der Waals surface area contributed by atoms with Crippen molar-refractivity contribution >= 4 is 23.6 Å². The summed E-state index contributed by atoms with van der Waals surface area (Å²) in [6.45, 7) is 5.24. The van der Waals surface area contributed by atoms with E-state index in [2.05, 4.69) is 24.5 Å². The molecule has 5 fully saturated rings. The molecule has 184 valence electrons. The van der Waals surface area contributed by atoms with Crippen molar-refractivity contribution in [2.45, 2.75) is 70.8 Å². The number of hydrogen-bond donors (Lipinski definition) is 3. The van der Waals surface area contributed by atoms with Crippen LogP contribution in [0.4, 0.5) is 14.9 Å². The second-order valence-electron chi connectivity index (χ2n) is 12.1. The number of carboxylic acid groups (broad SMARTS) is 1. The first kappa shape index (κ1) is 23.1. The molecule has 1 aliphatic heterocycles. The van der Waals surface area contributed by atoms with Gasteiger partial charge in [-0.15, -0.1) is 0 Å². The predicted molar refractivity (Wildman–Crippen MR) is 125 cm³/mol. The van der Waals surface area contributed by atoms with Gasteiger partial charge >= 0.3 is 12.0 Å². The summed E-state index contributed by atoms with van der Waals surface area (Å²) in [5.74, 6) is -1.96. The number of rotatable bonds is 4. The zero-order valence-corrected chi connectivity index (χ0v) is 20.0. The number of halogens is 1. The molecule has 34 heavy (non-hydrogen) atoms. The highest BCUT2D eigenvalue weighted by molar-refractivity contribution is 5.96. The van der Waals surface area contributed by atoms with E-state index in [1.807, 2.05) is 0 Å². The summed E-state index contributed by atoms with van der Waals surface area (Å²) >= 11 is 0. The van der Waals surface area contributed by atoms with Crippen molar-refractivity contribution in [3.63, 3.8) is 0 Å². The van der Waals surface area contributed by atoms with Crippen molar-refractivity contribution in [3.05, 3.63) is 29.6 Å². The highest BCUT2D eigenvalue weighted by Crippen LogP contribution is 2.66. The Hall–Kier alpha value is -2.64. The molecule has 4 bridgehead atoms. The van der Waals surface area contributed by atoms with Gasteiger partial charge in [-0.2, -0.15) is 0 Å². The van der Waals surface area contributed by atoms with Gasteiger partial charge in [-0.25, -0.2) is 9.18 Å². The topological polar surface area (TPSA) is 98.7 Å². The molecule has 8 heteroatoms. The summed E-state index contributed by atoms with van der Waals surface area (Å²) in [6.07, 6.45) is 7.69. The van der Waals surface area contributed by atoms with E-state index >= 15 is 0 Å². The van der Waals surface area contributed by atoms with Crippen molar-refractivity contribution in [1.82, 2.24) is 10.2 Å². The molecule has 0 aromatic heterocycles. The number of urea groups is 1. The number of nitrogens with one attached hydrogen (secondary N) is 2. The molecular formula is C26H34FN3O4. The van der Waals surface area contributed by atoms with Gasteiger partial charge < -0.3 is 20.6 Å². The Labute approximate surface area is 199 Å². The summed E-state index contributed by atoms with van der Waals surface area (Å²) in [5.41, 5.74) is 0.439. The Kier molecular flexibility index (Phi) is 5.41. The van der Waals surface area contributed by atoms with E-state index in [0.717, 1.165) is 25.3 Å². The number of carboxylic acids is 1. The van der Waals surface area contributed by atoms with Crippen LogP contribution in [0.2, 0.25) is 0 Å². The third-order valence-electron chi connectivity index (χ3n) is 8.53. The fourth-order valence-electron chi connectivity index (χ4n) is 8.28. The maximum atomic E-state index is 14.9. The van der Waals surface area contributed by atoms with Gasteiger partial charge in [-0.05, 0) is 86.3 Å². The first-order chi connectivity index (χ1) is 16.0. The first-order valence-corrected chi connectivity index (χ1v) is 12.4. The molecule has 1 unspecified atom stereocenters. The molecule has 1 saturated heterocycles. The molecule has 7 nitrogen and oxygen atoms in total. The fraction of sp³-hybridized carbons (Fsp3) is 0.654. The van der Waals surface area contributed by atoms with E-state index in [1.165, 1.54) is 36.3 Å². The number of amides is 3. The molecule has 1 aromatic carbocycles. The fourth-order valence-corrected chi connectivity index (χ4v) is 8.28. The van der Waals surface area contributed by atoms with Crippen molar-refractivity contribution in [2.24, 2.45) is 22.7 Å². The Morgan fingerprint density at radius 2 is 1.79 bits per heavy atom. The van der Waals surface area contributed by atoms with Gasteiger partial charge in [0.25, 0.3) is 5.91 Å². The lowest BCUT2D eigenvalue weighted by atomic mass is 9.43. The quantitative estimate of drug-likeness (QED) is 0.596. The molecule has 0 spiro atoms. The Bertz CT molecular complexity index is 1020. The smallest absolute Gasteiger partial charge is 0.319 e. The molecule has 3 amide bonds. The minimum absolute atomic E-state index is 0.0262. The molecule has 6 rings (SSSR count). The number of anilines is 1. The molecule has 1 aromatic rings. The number of carbonyl (C=O) groups is 3. The van der Waals surface area contributed by atoms with Gasteiger partial charge in [0, 0.05) is 24.2 Å². The van der Waals surface area contributed by atoms with Crippen molar-refractivity contribution in [2.75, 3.05) is 18.4 Å². The minimum atomic E-state index is -0.920. The minimum Gasteiger partial charge on any atom is -0.481 e. The lowest BCUT2D eigenvalue weighted by Crippen LogP contribution is -2.65. The molecule has 0 radical (unpaired) electrons. The van der Waals surface area contributed by atoms with E-state index in [1.54, 1.807) is 0 Å². The summed E-state index contributed by atoms with van der Waals surface area (Å²) in [4.78, 5) is 38.4. The number of likely N-dealkylation sites (tertiary alicyclic amines) is 1. The number of benzene rings is 1. The second kappa shape index (κ2) is 7.95. The van der Waals surface area contributed by atoms with Crippen LogP contribution < -0.4 is 10.6 Å². The van der Waals surface area contributed by atoms with Crippen molar-refractivity contribution < 1.29 is 23.9 Å². The second-order valence-corrected chi connectivity index (χ2v) is 12.1. The van der Waals surface area contributed by atoms with Crippen LogP contribution in [0.3, 0.4) is 0 Å². The maximum absolute atomic E-state index is 14.9. The molecule has 4 saturated carbocycles. The van der Waals surface area contributed by atoms with Crippen molar-refractivity contribution in [1.29, 1.82) is 0 Å². The molecule has 3 atom stereocenters. The number of piperidine rings is 1. The zero-order chi connectivity index (χ0) is 24.3. The summed E-state index contributed by atoms with van der Waals surface area (Å²) in [5, 5.41) is 15.1. The standard InChI is InChI=1S/C26H34FN3O4/c1-24-9-16-10-25(2,13-24)15-26(11-16,14-24)29-23(34)28-20-6-5-17(8-19(20)27)21(31)30-7-3-4-18(12-30)22(32)33/h5-6,8,16,18H,3-4,7,9-15H2,1-2H3,(H,32,33)(H2,28,29,34)/t16?,18?,24-,25-,26?/m0/s1. The zero-order valence-electron chi connectivity index (χ0n) is 20.0. The van der Waals surface area contributed by atoms with Gasteiger partial charge in [0.1, 0.15) is 5.82 Å². The summed E-state index contributed by atoms with van der Waals surface area (Å²) in [7, 11) is 0. The SMILES string of the molecule is C[C@@]12CC3CC(NC(=O)Nc4ccc(C(=O)N5CCCC(C(=O)O)C5)cc4F)(C1)C[C@@](C)(C3)C2. The van der Waals surface area contributed by atoms with Crippen LogP contribution >= 0.6 is 0 Å². The van der Waals surface area contributed by atoms with Gasteiger partial charge in [0.05, 0.1) is 11.6 Å². The highest BCUT2D eigenvalue weighted by Gasteiger charge is 2.60. The van der Waals surface area contributed by atoms with Crippen LogP contribution in [0, 0.1) is 28.5 Å². The van der Waals surface area contributed by atoms with Gasteiger partial charge in [0.2, 0.25) is 0 Å². The van der Waals surface area contributed by atoms with Gasteiger partial charge in [0.15, 0.2) is 0 Å². The molecule has 5 aliphatic rings. The van der Waals surface area contributed by atoms with E-state index in [4.69, 9.17) is 0 Å². The van der Waals surface area contributed by atoms with Crippen LogP contribution in [-0.2, 0) is 4.79 Å². The van der Waals surface area contributed by atoms with Crippen LogP contribution in [-0.4, -0.2) is 46.5 Å². The predicted octanol–water partition coefficient (Wildman–Crippen LogP) is 4.63. The number of nitrogens with zero attached hydrogens (tertiary/aromatic N) is 1. The Morgan fingerprint density at radius 3 is 2.41 bits per heavy atom. The average Bonchev–Trinajstić information content (AvgIpc) is 2.71. The average molecular weight is 472 g/mol. The molecule has 3 N–H and O–H groups in total. The van der Waals surface area contributed by atoms with E-state index in [9.17, 15) is 23.9 Å². The number of hydrogen-bond acceptors (Lipinski definition) is 3. The van der Waals surface area contributed by atoms with Crippen LogP contribution in [0.5, 0.6) is 0 Å². The normalized spacial score (nSPS) is 36.3. The van der Waals surface area contributed by atoms with E-state index in [-0.39, 0.29) is 34.2 Å². The summed E-state index contributed by atoms with van der Waals surface area (Å²) in [6, 6.07) is 3.60. The third kappa shape index (κ3) is 4.27. The first-order valence-electron chi connectivity index (χ1n) is 12.4. The monoisotopic (exact) mass is 471 g/mol. The van der Waals surface area contributed by atoms with E-state index in [0.29, 0.717) is 25.3 Å². The van der Waals surface area contributed by atoms with Gasteiger partial charge in [-0.3, -0.25) is 9.59 Å². The Morgan fingerprint density at radius 1 is 1.09 bits per heavy atom. The number of aliphatic carboxylic acids is 1. The molecular weight excluding hydrogens is 437 g/mol. The van der Waals surface area contributed by atoms with Crippen LogP contribution in [0.25, 0.3) is 0 Å². The third-order valence-corrected chi connectivity index (χ3v) is 8.53. The lowest BCUT2D eigenvalue weighted by molar-refractivity contribution is -0.143.